The highest BCUT2D eigenvalue weighted by Crippen LogP contribution is 2.16. The van der Waals surface area contributed by atoms with Crippen LogP contribution in [0, 0.1) is 6.92 Å². The molecule has 0 spiro atoms. The Hall–Kier alpha value is -2.72. The van der Waals surface area contributed by atoms with Crippen LogP contribution in [-0.2, 0) is 19.6 Å². The van der Waals surface area contributed by atoms with Crippen LogP contribution < -0.4 is 0 Å². The SMILES string of the molecule is C=Cn1cc(CN(Cc2ccccc2)Cc2ccncc2)c(C)n1. The number of pyridine rings is 1. The lowest BCUT2D eigenvalue weighted by Crippen LogP contribution is -2.22. The molecule has 0 aliphatic carbocycles. The molecule has 0 unspecified atom stereocenters. The van der Waals surface area contributed by atoms with Crippen LogP contribution in [0.4, 0.5) is 0 Å². The summed E-state index contributed by atoms with van der Waals surface area (Å²) < 4.78 is 1.78. The highest BCUT2D eigenvalue weighted by atomic mass is 15.3. The fraction of sp³-hybridized carbons (Fsp3) is 0.200. The van der Waals surface area contributed by atoms with Gasteiger partial charge in [-0.25, -0.2) is 4.68 Å². The molecule has 2 heterocycles. The number of benzene rings is 1. The maximum Gasteiger partial charge on any atom is 0.0642 e. The molecule has 24 heavy (non-hydrogen) atoms. The van der Waals surface area contributed by atoms with Crippen molar-refractivity contribution in [3.8, 4) is 0 Å². The number of hydrogen-bond donors (Lipinski definition) is 0. The topological polar surface area (TPSA) is 34.0 Å². The van der Waals surface area contributed by atoms with Crippen LogP contribution in [0.3, 0.4) is 0 Å². The average Bonchev–Trinajstić information content (AvgIpc) is 2.96. The summed E-state index contributed by atoms with van der Waals surface area (Å²) in [5.41, 5.74) is 4.83. The predicted molar refractivity (Wildman–Crippen MR) is 97.0 cm³/mol. The molecular formula is C20H22N4. The van der Waals surface area contributed by atoms with Crippen molar-refractivity contribution in [2.45, 2.75) is 26.6 Å². The lowest BCUT2D eigenvalue weighted by Gasteiger charge is -2.22. The minimum Gasteiger partial charge on any atom is -0.290 e. The van der Waals surface area contributed by atoms with E-state index >= 15 is 0 Å². The molecule has 0 amide bonds. The molecule has 0 radical (unpaired) electrons. The summed E-state index contributed by atoms with van der Waals surface area (Å²) in [6, 6.07) is 14.7. The van der Waals surface area contributed by atoms with Gasteiger partial charge in [0.2, 0.25) is 0 Å². The molecule has 3 aromatic rings. The molecule has 2 aromatic heterocycles. The number of aromatic nitrogens is 3. The molecule has 1 aromatic carbocycles. The molecule has 4 nitrogen and oxygen atoms in total. The summed E-state index contributed by atoms with van der Waals surface area (Å²) in [4.78, 5) is 6.53. The summed E-state index contributed by atoms with van der Waals surface area (Å²) in [5, 5.41) is 4.46. The third-order valence-corrected chi connectivity index (χ3v) is 4.00. The van der Waals surface area contributed by atoms with Crippen molar-refractivity contribution in [1.29, 1.82) is 0 Å². The van der Waals surface area contributed by atoms with Gasteiger partial charge in [0.05, 0.1) is 5.69 Å². The van der Waals surface area contributed by atoms with Crippen molar-refractivity contribution in [3.63, 3.8) is 0 Å². The third kappa shape index (κ3) is 4.18. The minimum absolute atomic E-state index is 0.844. The summed E-state index contributed by atoms with van der Waals surface area (Å²) in [6.45, 7) is 8.43. The van der Waals surface area contributed by atoms with Gasteiger partial charge in [-0.05, 0) is 30.2 Å². The first-order chi connectivity index (χ1) is 11.7. The van der Waals surface area contributed by atoms with Gasteiger partial charge in [-0.1, -0.05) is 36.9 Å². The molecule has 4 heteroatoms. The average molecular weight is 318 g/mol. The van der Waals surface area contributed by atoms with Crippen molar-refractivity contribution < 1.29 is 0 Å². The Kier molecular flexibility index (Phi) is 5.18. The Balaban J connectivity index is 1.80. The molecule has 0 aliphatic rings. The van der Waals surface area contributed by atoms with Crippen molar-refractivity contribution in [1.82, 2.24) is 19.7 Å². The normalized spacial score (nSPS) is 10.9. The first-order valence-corrected chi connectivity index (χ1v) is 8.07. The van der Waals surface area contributed by atoms with E-state index in [1.165, 1.54) is 16.7 Å². The van der Waals surface area contributed by atoms with E-state index in [-0.39, 0.29) is 0 Å². The Bertz CT molecular complexity index is 736. The molecule has 122 valence electrons. The number of rotatable bonds is 7. The van der Waals surface area contributed by atoms with E-state index in [0.717, 1.165) is 25.3 Å². The zero-order valence-electron chi connectivity index (χ0n) is 14.0. The Morgan fingerprint density at radius 2 is 1.67 bits per heavy atom. The maximum atomic E-state index is 4.46. The van der Waals surface area contributed by atoms with Crippen molar-refractivity contribution in [3.05, 3.63) is 90.0 Å². The first-order valence-electron chi connectivity index (χ1n) is 8.07. The van der Waals surface area contributed by atoms with Crippen LogP contribution in [0.5, 0.6) is 0 Å². The van der Waals surface area contributed by atoms with Crippen LogP contribution in [0.15, 0.2) is 67.6 Å². The summed E-state index contributed by atoms with van der Waals surface area (Å²) in [6.07, 6.45) is 7.46. The van der Waals surface area contributed by atoms with Crippen LogP contribution in [0.2, 0.25) is 0 Å². The molecular weight excluding hydrogens is 296 g/mol. The molecule has 0 saturated carbocycles. The number of hydrogen-bond acceptors (Lipinski definition) is 3. The van der Waals surface area contributed by atoms with Gasteiger partial charge in [-0.2, -0.15) is 5.10 Å². The monoisotopic (exact) mass is 318 g/mol. The highest BCUT2D eigenvalue weighted by molar-refractivity contribution is 5.24. The van der Waals surface area contributed by atoms with Gasteiger partial charge in [0, 0.05) is 50.0 Å². The second-order valence-corrected chi connectivity index (χ2v) is 5.89. The van der Waals surface area contributed by atoms with E-state index in [1.807, 2.05) is 25.5 Å². The number of aryl methyl sites for hydroxylation is 1. The predicted octanol–water partition coefficient (Wildman–Crippen LogP) is 3.89. The van der Waals surface area contributed by atoms with E-state index in [9.17, 15) is 0 Å². The molecule has 0 saturated heterocycles. The van der Waals surface area contributed by atoms with E-state index in [0.29, 0.717) is 0 Å². The van der Waals surface area contributed by atoms with Gasteiger partial charge < -0.3 is 0 Å². The van der Waals surface area contributed by atoms with Crippen molar-refractivity contribution in [2.24, 2.45) is 0 Å². The highest BCUT2D eigenvalue weighted by Gasteiger charge is 2.12. The molecule has 0 aliphatic heterocycles. The molecule has 0 fully saturated rings. The first kappa shape index (κ1) is 16.1. The van der Waals surface area contributed by atoms with Crippen molar-refractivity contribution >= 4 is 6.20 Å². The van der Waals surface area contributed by atoms with Crippen LogP contribution in [0.25, 0.3) is 6.20 Å². The van der Waals surface area contributed by atoms with Crippen LogP contribution >= 0.6 is 0 Å². The minimum atomic E-state index is 0.844. The Morgan fingerprint density at radius 3 is 2.29 bits per heavy atom. The zero-order valence-corrected chi connectivity index (χ0v) is 14.0. The van der Waals surface area contributed by atoms with E-state index in [1.54, 1.807) is 10.9 Å². The fourth-order valence-electron chi connectivity index (χ4n) is 2.76. The van der Waals surface area contributed by atoms with E-state index < -0.39 is 0 Å². The number of nitrogens with zero attached hydrogens (tertiary/aromatic N) is 4. The zero-order chi connectivity index (χ0) is 16.8. The second kappa shape index (κ2) is 7.70. The van der Waals surface area contributed by atoms with Gasteiger partial charge in [-0.15, -0.1) is 0 Å². The summed E-state index contributed by atoms with van der Waals surface area (Å²) in [7, 11) is 0. The molecule has 0 N–H and O–H groups in total. The van der Waals surface area contributed by atoms with Gasteiger partial charge in [0.25, 0.3) is 0 Å². The van der Waals surface area contributed by atoms with Gasteiger partial charge in [0.15, 0.2) is 0 Å². The Labute approximate surface area is 143 Å². The summed E-state index contributed by atoms with van der Waals surface area (Å²) >= 11 is 0. The Morgan fingerprint density at radius 1 is 1.00 bits per heavy atom. The van der Waals surface area contributed by atoms with E-state index in [4.69, 9.17) is 0 Å². The van der Waals surface area contributed by atoms with Crippen LogP contribution in [0.1, 0.15) is 22.4 Å². The van der Waals surface area contributed by atoms with Crippen LogP contribution in [-0.4, -0.2) is 19.7 Å². The standard InChI is InChI=1S/C20H22N4/c1-3-24-16-20(17(2)22-24)15-23(13-18-7-5-4-6-8-18)14-19-9-11-21-12-10-19/h3-12,16H,1,13-15H2,2H3. The fourth-order valence-corrected chi connectivity index (χ4v) is 2.76. The second-order valence-electron chi connectivity index (χ2n) is 5.89. The van der Waals surface area contributed by atoms with Gasteiger partial charge in [0.1, 0.15) is 0 Å². The lowest BCUT2D eigenvalue weighted by atomic mass is 10.1. The van der Waals surface area contributed by atoms with Gasteiger partial charge >= 0.3 is 0 Å². The van der Waals surface area contributed by atoms with Gasteiger partial charge in [-0.3, -0.25) is 9.88 Å². The third-order valence-electron chi connectivity index (χ3n) is 4.00. The molecule has 0 bridgehead atoms. The quantitative estimate of drug-likeness (QED) is 0.663. The largest absolute Gasteiger partial charge is 0.290 e. The maximum absolute atomic E-state index is 4.46. The van der Waals surface area contributed by atoms with E-state index in [2.05, 4.69) is 64.0 Å². The van der Waals surface area contributed by atoms with Crippen molar-refractivity contribution in [2.75, 3.05) is 0 Å². The molecule has 0 atom stereocenters. The summed E-state index contributed by atoms with van der Waals surface area (Å²) in [5.74, 6) is 0. The molecule has 3 rings (SSSR count). The lowest BCUT2D eigenvalue weighted by molar-refractivity contribution is 0.247. The smallest absolute Gasteiger partial charge is 0.0642 e.